The summed E-state index contributed by atoms with van der Waals surface area (Å²) in [5.74, 6) is 0. The maximum atomic E-state index is 12.6. The second kappa shape index (κ2) is 5.90. The molecule has 1 aliphatic carbocycles. The van der Waals surface area contributed by atoms with Crippen LogP contribution in [0.2, 0.25) is 0 Å². The van der Waals surface area contributed by atoms with Crippen molar-refractivity contribution in [3.05, 3.63) is 24.3 Å². The third-order valence-electron chi connectivity index (χ3n) is 3.75. The summed E-state index contributed by atoms with van der Waals surface area (Å²) in [5, 5.41) is 9.04. The highest BCUT2D eigenvalue weighted by Gasteiger charge is 2.30. The van der Waals surface area contributed by atoms with Crippen LogP contribution in [0, 0.1) is 0 Å². The molecule has 0 heterocycles. The number of hydrogen-bond acceptors (Lipinski definition) is 4. The SMILES string of the molecule is CN(C1CCCCC1)S(=O)(=O)c1ccccc1NO. The normalized spacial score (nSPS) is 17.6. The first-order valence-electron chi connectivity index (χ1n) is 6.54. The van der Waals surface area contributed by atoms with Crippen LogP contribution in [0.3, 0.4) is 0 Å². The van der Waals surface area contributed by atoms with Crippen LogP contribution < -0.4 is 5.48 Å². The van der Waals surface area contributed by atoms with E-state index in [0.717, 1.165) is 25.7 Å². The summed E-state index contributed by atoms with van der Waals surface area (Å²) in [6, 6.07) is 6.44. The number of benzene rings is 1. The van der Waals surface area contributed by atoms with E-state index in [1.54, 1.807) is 25.2 Å². The Morgan fingerprint density at radius 1 is 1.21 bits per heavy atom. The Bertz CT molecular complexity index is 524. The van der Waals surface area contributed by atoms with Crippen LogP contribution in [0.5, 0.6) is 0 Å². The average Bonchev–Trinajstić information content (AvgIpc) is 2.47. The first kappa shape index (κ1) is 14.3. The van der Waals surface area contributed by atoms with Gasteiger partial charge in [-0.3, -0.25) is 10.7 Å². The predicted molar refractivity (Wildman–Crippen MR) is 73.7 cm³/mol. The van der Waals surface area contributed by atoms with Gasteiger partial charge in [0.2, 0.25) is 10.0 Å². The first-order valence-corrected chi connectivity index (χ1v) is 7.98. The molecule has 6 heteroatoms. The second-order valence-electron chi connectivity index (χ2n) is 4.92. The number of rotatable bonds is 4. The molecular weight excluding hydrogens is 264 g/mol. The van der Waals surface area contributed by atoms with Gasteiger partial charge >= 0.3 is 0 Å². The van der Waals surface area contributed by atoms with Crippen LogP contribution >= 0.6 is 0 Å². The zero-order valence-electron chi connectivity index (χ0n) is 11.0. The van der Waals surface area contributed by atoms with Crippen molar-refractivity contribution in [1.82, 2.24) is 4.31 Å². The molecule has 0 unspecified atom stereocenters. The van der Waals surface area contributed by atoms with Crippen LogP contribution in [-0.4, -0.2) is 31.0 Å². The Balaban J connectivity index is 2.30. The molecular formula is C13H20N2O3S. The Labute approximate surface area is 114 Å². The largest absolute Gasteiger partial charge is 0.291 e. The van der Waals surface area contributed by atoms with Gasteiger partial charge in [-0.2, -0.15) is 4.31 Å². The van der Waals surface area contributed by atoms with Crippen LogP contribution in [0.4, 0.5) is 5.69 Å². The average molecular weight is 284 g/mol. The van der Waals surface area contributed by atoms with Crippen molar-refractivity contribution in [1.29, 1.82) is 0 Å². The van der Waals surface area contributed by atoms with E-state index in [1.165, 1.54) is 16.8 Å². The topological polar surface area (TPSA) is 69.6 Å². The van der Waals surface area contributed by atoms with E-state index in [1.807, 2.05) is 5.48 Å². The predicted octanol–water partition coefficient (Wildman–Crippen LogP) is 2.44. The second-order valence-corrected chi connectivity index (χ2v) is 6.89. The Hall–Kier alpha value is -1.11. The minimum atomic E-state index is -3.57. The molecule has 1 fully saturated rings. The summed E-state index contributed by atoms with van der Waals surface area (Å²) < 4.78 is 26.6. The van der Waals surface area contributed by atoms with E-state index in [9.17, 15) is 8.42 Å². The molecule has 2 N–H and O–H groups in total. The van der Waals surface area contributed by atoms with E-state index in [2.05, 4.69) is 0 Å². The molecule has 1 aromatic carbocycles. The fraction of sp³-hybridized carbons (Fsp3) is 0.538. The fourth-order valence-electron chi connectivity index (χ4n) is 2.58. The standard InChI is InChI=1S/C13H20N2O3S/c1-15(11-7-3-2-4-8-11)19(17,18)13-10-6-5-9-12(13)14-16/h5-6,9-11,14,16H,2-4,7-8H2,1H3. The Morgan fingerprint density at radius 3 is 2.47 bits per heavy atom. The zero-order chi connectivity index (χ0) is 13.9. The van der Waals surface area contributed by atoms with Gasteiger partial charge in [0.1, 0.15) is 4.90 Å². The monoisotopic (exact) mass is 284 g/mol. The van der Waals surface area contributed by atoms with Crippen molar-refractivity contribution >= 4 is 15.7 Å². The highest BCUT2D eigenvalue weighted by atomic mass is 32.2. The maximum absolute atomic E-state index is 12.6. The van der Waals surface area contributed by atoms with Gasteiger partial charge in [-0.05, 0) is 25.0 Å². The van der Waals surface area contributed by atoms with Gasteiger partial charge in [0, 0.05) is 13.1 Å². The van der Waals surface area contributed by atoms with E-state index < -0.39 is 10.0 Å². The molecule has 5 nitrogen and oxygen atoms in total. The molecule has 1 aromatic rings. The van der Waals surface area contributed by atoms with E-state index in [4.69, 9.17) is 5.21 Å². The molecule has 0 radical (unpaired) electrons. The minimum absolute atomic E-state index is 0.0606. The van der Waals surface area contributed by atoms with Crippen molar-refractivity contribution in [2.45, 2.75) is 43.0 Å². The number of para-hydroxylation sites is 1. The molecule has 0 aromatic heterocycles. The molecule has 19 heavy (non-hydrogen) atoms. The molecule has 0 bridgehead atoms. The van der Waals surface area contributed by atoms with Crippen molar-refractivity contribution in [2.75, 3.05) is 12.5 Å². The highest BCUT2D eigenvalue weighted by Crippen LogP contribution is 2.29. The number of nitrogens with zero attached hydrogens (tertiary/aromatic N) is 1. The summed E-state index contributed by atoms with van der Waals surface area (Å²) >= 11 is 0. The summed E-state index contributed by atoms with van der Waals surface area (Å²) in [6.45, 7) is 0. The van der Waals surface area contributed by atoms with E-state index >= 15 is 0 Å². The number of anilines is 1. The highest BCUT2D eigenvalue weighted by molar-refractivity contribution is 7.89. The molecule has 1 saturated carbocycles. The van der Waals surface area contributed by atoms with E-state index in [-0.39, 0.29) is 16.6 Å². The lowest BCUT2D eigenvalue weighted by Crippen LogP contribution is -2.38. The zero-order valence-corrected chi connectivity index (χ0v) is 11.9. The Kier molecular flexibility index (Phi) is 4.44. The summed E-state index contributed by atoms with van der Waals surface area (Å²) in [5.41, 5.74) is 2.17. The molecule has 0 saturated heterocycles. The summed E-state index contributed by atoms with van der Waals surface area (Å²) in [6.07, 6.45) is 5.14. The van der Waals surface area contributed by atoms with Gasteiger partial charge in [-0.15, -0.1) is 0 Å². The smallest absolute Gasteiger partial charge is 0.245 e. The number of sulfonamides is 1. The van der Waals surface area contributed by atoms with E-state index in [0.29, 0.717) is 0 Å². The van der Waals surface area contributed by atoms with Crippen molar-refractivity contribution in [3.63, 3.8) is 0 Å². The molecule has 106 valence electrons. The lowest BCUT2D eigenvalue weighted by Gasteiger charge is -2.30. The van der Waals surface area contributed by atoms with Gasteiger partial charge in [0.05, 0.1) is 5.69 Å². The molecule has 0 amide bonds. The third kappa shape index (κ3) is 2.91. The van der Waals surface area contributed by atoms with Gasteiger partial charge in [-0.25, -0.2) is 8.42 Å². The minimum Gasteiger partial charge on any atom is -0.291 e. The first-order chi connectivity index (χ1) is 9.07. The molecule has 0 atom stereocenters. The van der Waals surface area contributed by atoms with Gasteiger partial charge in [-0.1, -0.05) is 31.4 Å². The molecule has 0 aliphatic heterocycles. The van der Waals surface area contributed by atoms with Crippen LogP contribution in [0.1, 0.15) is 32.1 Å². The van der Waals surface area contributed by atoms with Gasteiger partial charge in [0.15, 0.2) is 0 Å². The van der Waals surface area contributed by atoms with Crippen LogP contribution in [-0.2, 0) is 10.0 Å². The third-order valence-corrected chi connectivity index (χ3v) is 5.72. The van der Waals surface area contributed by atoms with Crippen molar-refractivity contribution < 1.29 is 13.6 Å². The van der Waals surface area contributed by atoms with Gasteiger partial charge in [0.25, 0.3) is 0 Å². The molecule has 0 spiro atoms. The Morgan fingerprint density at radius 2 is 1.84 bits per heavy atom. The quantitative estimate of drug-likeness (QED) is 0.833. The fourth-order valence-corrected chi connectivity index (χ4v) is 4.14. The van der Waals surface area contributed by atoms with Gasteiger partial charge < -0.3 is 0 Å². The lowest BCUT2D eigenvalue weighted by molar-refractivity contribution is 0.285. The number of nitrogens with one attached hydrogen (secondary N) is 1. The van der Waals surface area contributed by atoms with Crippen molar-refractivity contribution in [2.24, 2.45) is 0 Å². The summed E-state index contributed by atoms with van der Waals surface area (Å²) in [7, 11) is -1.95. The molecule has 1 aliphatic rings. The van der Waals surface area contributed by atoms with Crippen LogP contribution in [0.25, 0.3) is 0 Å². The van der Waals surface area contributed by atoms with Crippen molar-refractivity contribution in [3.8, 4) is 0 Å². The maximum Gasteiger partial charge on any atom is 0.245 e. The summed E-state index contributed by atoms with van der Waals surface area (Å²) in [4.78, 5) is 0.116. The number of hydrogen-bond donors (Lipinski definition) is 2. The lowest BCUT2D eigenvalue weighted by atomic mass is 9.96. The molecule has 2 rings (SSSR count). The van der Waals surface area contributed by atoms with Crippen LogP contribution in [0.15, 0.2) is 29.2 Å².